The maximum Gasteiger partial charge on any atom is 0.258 e. The van der Waals surface area contributed by atoms with Crippen LogP contribution in [-0.4, -0.2) is 41.2 Å². The highest BCUT2D eigenvalue weighted by atomic mass is 19.1. The molecule has 3 amide bonds. The summed E-state index contributed by atoms with van der Waals surface area (Å²) in [6, 6.07) is 17.3. The number of anilines is 1. The molecule has 5 rings (SSSR count). The van der Waals surface area contributed by atoms with Crippen molar-refractivity contribution >= 4 is 34.2 Å². The molecule has 192 valence electrons. The summed E-state index contributed by atoms with van der Waals surface area (Å²) < 4.78 is 14.5. The summed E-state index contributed by atoms with van der Waals surface area (Å²) >= 11 is 0. The van der Waals surface area contributed by atoms with Crippen LogP contribution >= 0.6 is 0 Å². The van der Waals surface area contributed by atoms with Gasteiger partial charge in [-0.2, -0.15) is 0 Å². The fourth-order valence-electron chi connectivity index (χ4n) is 5.52. The van der Waals surface area contributed by atoms with Crippen LogP contribution in [0.4, 0.5) is 10.1 Å². The Labute approximate surface area is 216 Å². The predicted molar refractivity (Wildman–Crippen MR) is 142 cm³/mol. The zero-order valence-corrected chi connectivity index (χ0v) is 21.1. The van der Waals surface area contributed by atoms with Crippen LogP contribution in [0.15, 0.2) is 60.7 Å². The van der Waals surface area contributed by atoms with E-state index in [1.165, 1.54) is 11.0 Å². The molecule has 0 spiro atoms. The van der Waals surface area contributed by atoms with Gasteiger partial charge < -0.3 is 15.1 Å². The topological polar surface area (TPSA) is 69.7 Å². The van der Waals surface area contributed by atoms with Crippen molar-refractivity contribution in [3.8, 4) is 0 Å². The summed E-state index contributed by atoms with van der Waals surface area (Å²) in [5.74, 6) is -0.919. The molecule has 1 heterocycles. The van der Waals surface area contributed by atoms with Gasteiger partial charge in [-0.3, -0.25) is 14.4 Å². The zero-order chi connectivity index (χ0) is 25.9. The summed E-state index contributed by atoms with van der Waals surface area (Å²) in [6.07, 6.45) is 4.64. The number of nitrogens with zero attached hydrogens (tertiary/aromatic N) is 2. The Hall–Kier alpha value is -3.74. The second-order valence-electron chi connectivity index (χ2n) is 10.0. The van der Waals surface area contributed by atoms with Gasteiger partial charge in [0.2, 0.25) is 11.8 Å². The Balaban J connectivity index is 1.28. The van der Waals surface area contributed by atoms with E-state index in [1.807, 2.05) is 36.4 Å². The summed E-state index contributed by atoms with van der Waals surface area (Å²) in [4.78, 5) is 42.7. The second kappa shape index (κ2) is 10.7. The first-order chi connectivity index (χ1) is 17.9. The Morgan fingerprint density at radius 1 is 1.05 bits per heavy atom. The van der Waals surface area contributed by atoms with E-state index in [4.69, 9.17) is 0 Å². The third-order valence-corrected chi connectivity index (χ3v) is 7.59. The first-order valence-electron chi connectivity index (χ1n) is 13.1. The zero-order valence-electron chi connectivity index (χ0n) is 21.1. The van der Waals surface area contributed by atoms with Crippen LogP contribution in [0.2, 0.25) is 0 Å². The number of benzene rings is 3. The van der Waals surface area contributed by atoms with Crippen LogP contribution in [0.3, 0.4) is 0 Å². The highest BCUT2D eigenvalue weighted by Crippen LogP contribution is 2.37. The molecule has 2 aliphatic rings. The minimum Gasteiger partial charge on any atom is -0.352 e. The van der Waals surface area contributed by atoms with E-state index in [0.717, 1.165) is 42.1 Å². The summed E-state index contributed by atoms with van der Waals surface area (Å²) in [5.41, 5.74) is 1.91. The molecular formula is C30H32FN3O3. The quantitative estimate of drug-likeness (QED) is 0.438. The van der Waals surface area contributed by atoms with Gasteiger partial charge in [0.1, 0.15) is 11.9 Å². The van der Waals surface area contributed by atoms with Crippen molar-refractivity contribution in [2.75, 3.05) is 11.4 Å². The Kier molecular flexibility index (Phi) is 7.22. The number of hydrogen-bond donors (Lipinski definition) is 1. The predicted octanol–water partition coefficient (Wildman–Crippen LogP) is 5.20. The van der Waals surface area contributed by atoms with E-state index in [1.54, 1.807) is 30.0 Å². The van der Waals surface area contributed by atoms with Crippen molar-refractivity contribution in [2.24, 2.45) is 0 Å². The average Bonchev–Trinajstić information content (AvgIpc) is 3.51. The number of carbonyl (C=O) groups excluding carboxylic acids is 3. The van der Waals surface area contributed by atoms with Gasteiger partial charge >= 0.3 is 0 Å². The van der Waals surface area contributed by atoms with Crippen molar-refractivity contribution in [1.82, 2.24) is 10.2 Å². The van der Waals surface area contributed by atoms with Crippen molar-refractivity contribution in [3.05, 3.63) is 77.6 Å². The number of amides is 3. The molecule has 7 heteroatoms. The minimum atomic E-state index is -0.737. The van der Waals surface area contributed by atoms with Crippen molar-refractivity contribution in [2.45, 2.75) is 64.1 Å². The first kappa shape index (κ1) is 24.9. The molecule has 0 saturated heterocycles. The molecule has 1 fully saturated rings. The van der Waals surface area contributed by atoms with Crippen LogP contribution in [-0.2, 0) is 16.1 Å². The van der Waals surface area contributed by atoms with E-state index >= 15 is 0 Å². The third kappa shape index (κ3) is 5.08. The Morgan fingerprint density at radius 3 is 2.54 bits per heavy atom. The Bertz CT molecular complexity index is 1330. The lowest BCUT2D eigenvalue weighted by Gasteiger charge is -2.30. The number of rotatable bonds is 9. The van der Waals surface area contributed by atoms with Crippen molar-refractivity contribution < 1.29 is 18.8 Å². The molecule has 3 aromatic rings. The largest absolute Gasteiger partial charge is 0.352 e. The van der Waals surface area contributed by atoms with Gasteiger partial charge in [0.05, 0.1) is 5.69 Å². The maximum absolute atomic E-state index is 14.5. The number of nitrogens with one attached hydrogen (secondary N) is 1. The number of carbonyl (C=O) groups is 3. The van der Waals surface area contributed by atoms with Gasteiger partial charge in [0, 0.05) is 42.1 Å². The molecule has 3 aromatic carbocycles. The molecule has 1 aliphatic heterocycles. The lowest BCUT2D eigenvalue weighted by Crippen LogP contribution is -2.49. The van der Waals surface area contributed by atoms with Gasteiger partial charge in [0.25, 0.3) is 5.91 Å². The molecule has 1 aliphatic carbocycles. The molecule has 0 radical (unpaired) electrons. The fourth-order valence-corrected chi connectivity index (χ4v) is 5.52. The van der Waals surface area contributed by atoms with E-state index < -0.39 is 11.9 Å². The second-order valence-corrected chi connectivity index (χ2v) is 10.0. The molecule has 1 saturated carbocycles. The van der Waals surface area contributed by atoms with Crippen LogP contribution in [0.1, 0.15) is 61.4 Å². The lowest BCUT2D eigenvalue weighted by molar-refractivity contribution is -0.141. The normalized spacial score (nSPS) is 15.8. The molecule has 1 atom stereocenters. The van der Waals surface area contributed by atoms with E-state index in [2.05, 4.69) is 5.32 Å². The van der Waals surface area contributed by atoms with Gasteiger partial charge in [-0.1, -0.05) is 55.3 Å². The maximum atomic E-state index is 14.5. The molecule has 1 N–H and O–H groups in total. The van der Waals surface area contributed by atoms with E-state index in [-0.39, 0.29) is 36.7 Å². The first-order valence-corrected chi connectivity index (χ1v) is 13.1. The molecule has 0 aromatic heterocycles. The summed E-state index contributed by atoms with van der Waals surface area (Å²) in [7, 11) is 0. The minimum absolute atomic E-state index is 0.0121. The number of hydrogen-bond acceptors (Lipinski definition) is 3. The highest BCUT2D eigenvalue weighted by molar-refractivity contribution is 6.25. The number of halogens is 1. The van der Waals surface area contributed by atoms with Gasteiger partial charge in [-0.15, -0.1) is 0 Å². The summed E-state index contributed by atoms with van der Waals surface area (Å²) in [5, 5.41) is 5.02. The molecule has 6 nitrogen and oxygen atoms in total. The smallest absolute Gasteiger partial charge is 0.258 e. The van der Waals surface area contributed by atoms with Crippen LogP contribution < -0.4 is 10.2 Å². The molecule has 37 heavy (non-hydrogen) atoms. The molecule has 0 unspecified atom stereocenters. The van der Waals surface area contributed by atoms with Gasteiger partial charge in [0.15, 0.2) is 0 Å². The van der Waals surface area contributed by atoms with Crippen LogP contribution in [0, 0.1) is 5.82 Å². The third-order valence-electron chi connectivity index (χ3n) is 7.59. The van der Waals surface area contributed by atoms with Gasteiger partial charge in [-0.05, 0) is 49.8 Å². The van der Waals surface area contributed by atoms with Crippen LogP contribution in [0.25, 0.3) is 10.8 Å². The monoisotopic (exact) mass is 501 g/mol. The van der Waals surface area contributed by atoms with E-state index in [0.29, 0.717) is 24.1 Å². The van der Waals surface area contributed by atoms with Crippen molar-refractivity contribution in [1.29, 1.82) is 0 Å². The highest BCUT2D eigenvalue weighted by Gasteiger charge is 2.31. The lowest BCUT2D eigenvalue weighted by atomic mass is 10.1. The van der Waals surface area contributed by atoms with Crippen molar-refractivity contribution in [3.63, 3.8) is 0 Å². The standard InChI is InChI=1S/C30H32FN3O3/c1-20(29(36)32-23-12-3-4-13-23)34(19-22-9-2-5-15-25(22)31)27(35)17-8-18-33-26-16-7-11-21-10-6-14-24(28(21)26)30(33)37/h2,5-7,9-11,14-16,20,23H,3-4,8,12-13,17-19H2,1H3,(H,32,36)/t20-/m1/s1. The van der Waals surface area contributed by atoms with E-state index in [9.17, 15) is 18.8 Å². The SMILES string of the molecule is C[C@H](C(=O)NC1CCCC1)N(Cc1ccccc1F)C(=O)CCCN1C(=O)c2cccc3cccc1c23. The van der Waals surface area contributed by atoms with Crippen LogP contribution in [0.5, 0.6) is 0 Å². The molecular weight excluding hydrogens is 469 g/mol. The summed E-state index contributed by atoms with van der Waals surface area (Å²) in [6.45, 7) is 2.09. The Morgan fingerprint density at radius 2 is 1.78 bits per heavy atom. The fraction of sp³-hybridized carbons (Fsp3) is 0.367. The average molecular weight is 502 g/mol. The molecule has 0 bridgehead atoms. The van der Waals surface area contributed by atoms with Gasteiger partial charge in [-0.25, -0.2) is 4.39 Å².